The molecule has 0 atom stereocenters. The molecular formula is C20H26N4O. The van der Waals surface area contributed by atoms with Crippen molar-refractivity contribution < 1.29 is 4.74 Å². The number of hydrogen-bond donors (Lipinski definition) is 0. The lowest BCUT2D eigenvalue weighted by Crippen LogP contribution is -2.34. The fraction of sp³-hybridized carbons (Fsp3) is 0.500. The van der Waals surface area contributed by atoms with Crippen molar-refractivity contribution in [1.29, 1.82) is 0 Å². The number of aromatic nitrogens is 3. The Morgan fingerprint density at radius 3 is 2.68 bits per heavy atom. The Kier molecular flexibility index (Phi) is 4.24. The highest BCUT2D eigenvalue weighted by atomic mass is 16.5. The number of imidazole rings is 1. The molecule has 2 aromatic heterocycles. The first-order chi connectivity index (χ1) is 12.1. The summed E-state index contributed by atoms with van der Waals surface area (Å²) in [5.41, 5.74) is 1.98. The van der Waals surface area contributed by atoms with E-state index in [2.05, 4.69) is 36.0 Å². The van der Waals surface area contributed by atoms with Gasteiger partial charge in [0.25, 0.3) is 0 Å². The highest BCUT2D eigenvalue weighted by Crippen LogP contribution is 2.27. The minimum absolute atomic E-state index is 0.755. The molecule has 0 amide bonds. The normalized spacial score (nSPS) is 16.2. The van der Waals surface area contributed by atoms with Gasteiger partial charge in [-0.15, -0.1) is 0 Å². The van der Waals surface area contributed by atoms with E-state index in [9.17, 15) is 0 Å². The third kappa shape index (κ3) is 3.15. The van der Waals surface area contributed by atoms with E-state index in [0.717, 1.165) is 53.3 Å². The third-order valence-corrected chi connectivity index (χ3v) is 5.21. The molecular weight excluding hydrogens is 312 g/mol. The number of nitrogens with zero attached hydrogens (tertiary/aromatic N) is 4. The lowest BCUT2D eigenvalue weighted by molar-refractivity contribution is 0.337. The Balaban J connectivity index is 1.58. The molecule has 0 aliphatic carbocycles. The predicted octanol–water partition coefficient (Wildman–Crippen LogP) is 4.15. The van der Waals surface area contributed by atoms with Gasteiger partial charge in [-0.2, -0.15) is 4.98 Å². The molecule has 0 radical (unpaired) electrons. The minimum Gasteiger partial charge on any atom is -0.497 e. The predicted molar refractivity (Wildman–Crippen MR) is 101 cm³/mol. The molecule has 0 saturated carbocycles. The topological polar surface area (TPSA) is 42.7 Å². The molecule has 1 aliphatic heterocycles. The number of piperidine rings is 1. The second-order valence-electron chi connectivity index (χ2n) is 7.48. The standard InChI is InChI=1S/C20H26N4O/c1-14(2)12-15-6-9-23(10-7-15)19-8-11-24-18-13-16(25-3)4-5-17(18)21-20(24)22-19/h4-5,8,11,13-15H,6-7,9-10,12H2,1-3H3. The number of ether oxygens (including phenoxy) is 1. The largest absolute Gasteiger partial charge is 0.497 e. The molecule has 0 N–H and O–H groups in total. The van der Waals surface area contributed by atoms with Crippen molar-refractivity contribution in [1.82, 2.24) is 14.4 Å². The molecule has 1 aliphatic rings. The first kappa shape index (κ1) is 16.2. The van der Waals surface area contributed by atoms with Gasteiger partial charge in [-0.05, 0) is 49.3 Å². The van der Waals surface area contributed by atoms with E-state index in [1.165, 1.54) is 19.3 Å². The number of hydrogen-bond acceptors (Lipinski definition) is 4. The molecule has 1 saturated heterocycles. The van der Waals surface area contributed by atoms with Gasteiger partial charge in [0.05, 0.1) is 18.1 Å². The van der Waals surface area contributed by atoms with Crippen molar-refractivity contribution in [3.63, 3.8) is 0 Å². The molecule has 1 aromatic carbocycles. The molecule has 4 rings (SSSR count). The van der Waals surface area contributed by atoms with Crippen LogP contribution >= 0.6 is 0 Å². The van der Waals surface area contributed by atoms with E-state index in [0.29, 0.717) is 0 Å². The average molecular weight is 338 g/mol. The van der Waals surface area contributed by atoms with E-state index in [4.69, 9.17) is 9.72 Å². The van der Waals surface area contributed by atoms with E-state index < -0.39 is 0 Å². The van der Waals surface area contributed by atoms with E-state index >= 15 is 0 Å². The molecule has 1 fully saturated rings. The van der Waals surface area contributed by atoms with Crippen molar-refractivity contribution >= 4 is 22.6 Å². The summed E-state index contributed by atoms with van der Waals surface area (Å²) in [4.78, 5) is 11.9. The smallest absolute Gasteiger partial charge is 0.236 e. The first-order valence-corrected chi connectivity index (χ1v) is 9.22. The lowest BCUT2D eigenvalue weighted by atomic mass is 9.89. The number of fused-ring (bicyclic) bond motifs is 3. The quantitative estimate of drug-likeness (QED) is 0.716. The highest BCUT2D eigenvalue weighted by molar-refractivity contribution is 5.81. The summed E-state index contributed by atoms with van der Waals surface area (Å²) in [5.74, 6) is 4.29. The zero-order chi connectivity index (χ0) is 17.4. The van der Waals surface area contributed by atoms with Crippen LogP contribution in [0.2, 0.25) is 0 Å². The van der Waals surface area contributed by atoms with Crippen LogP contribution in [0, 0.1) is 11.8 Å². The van der Waals surface area contributed by atoms with E-state index in [1.54, 1.807) is 7.11 Å². The van der Waals surface area contributed by atoms with E-state index in [1.807, 2.05) is 22.6 Å². The third-order valence-electron chi connectivity index (χ3n) is 5.21. The maximum atomic E-state index is 5.33. The van der Waals surface area contributed by atoms with Crippen LogP contribution in [0.1, 0.15) is 33.1 Å². The van der Waals surface area contributed by atoms with Gasteiger partial charge in [-0.25, -0.2) is 4.98 Å². The lowest BCUT2D eigenvalue weighted by Gasteiger charge is -2.33. The molecule has 0 spiro atoms. The Morgan fingerprint density at radius 1 is 1.16 bits per heavy atom. The van der Waals surface area contributed by atoms with Crippen LogP contribution in [0.15, 0.2) is 30.5 Å². The zero-order valence-corrected chi connectivity index (χ0v) is 15.3. The molecule has 5 nitrogen and oxygen atoms in total. The fourth-order valence-electron chi connectivity index (χ4n) is 3.93. The van der Waals surface area contributed by atoms with Crippen molar-refractivity contribution in [2.24, 2.45) is 11.8 Å². The Bertz CT molecular complexity index is 878. The number of rotatable bonds is 4. The summed E-state index contributed by atoms with van der Waals surface area (Å²) in [7, 11) is 1.68. The van der Waals surface area contributed by atoms with Gasteiger partial charge in [-0.3, -0.25) is 4.40 Å². The Morgan fingerprint density at radius 2 is 1.96 bits per heavy atom. The van der Waals surface area contributed by atoms with Gasteiger partial charge in [-0.1, -0.05) is 13.8 Å². The summed E-state index contributed by atoms with van der Waals surface area (Å²) in [6.45, 7) is 6.82. The summed E-state index contributed by atoms with van der Waals surface area (Å²) in [5, 5.41) is 0. The van der Waals surface area contributed by atoms with Crippen LogP contribution in [-0.4, -0.2) is 34.6 Å². The maximum absolute atomic E-state index is 5.33. The van der Waals surface area contributed by atoms with Crippen LogP contribution in [0.25, 0.3) is 16.8 Å². The van der Waals surface area contributed by atoms with Gasteiger partial charge in [0.1, 0.15) is 11.6 Å². The maximum Gasteiger partial charge on any atom is 0.236 e. The van der Waals surface area contributed by atoms with Gasteiger partial charge in [0.15, 0.2) is 0 Å². The van der Waals surface area contributed by atoms with Crippen LogP contribution in [0.3, 0.4) is 0 Å². The van der Waals surface area contributed by atoms with Crippen LogP contribution in [0.5, 0.6) is 5.75 Å². The Labute approximate surface area is 148 Å². The van der Waals surface area contributed by atoms with Crippen LogP contribution in [-0.2, 0) is 0 Å². The summed E-state index contributed by atoms with van der Waals surface area (Å²) in [6.07, 6.45) is 5.94. The SMILES string of the molecule is COc1ccc2nc3nc(N4CCC(CC(C)C)CC4)ccn3c2c1. The van der Waals surface area contributed by atoms with Gasteiger partial charge in [0.2, 0.25) is 5.78 Å². The molecule has 0 unspecified atom stereocenters. The molecule has 25 heavy (non-hydrogen) atoms. The second-order valence-corrected chi connectivity index (χ2v) is 7.48. The minimum atomic E-state index is 0.755. The monoisotopic (exact) mass is 338 g/mol. The van der Waals surface area contributed by atoms with Gasteiger partial charge < -0.3 is 9.64 Å². The van der Waals surface area contributed by atoms with E-state index in [-0.39, 0.29) is 0 Å². The molecule has 3 aromatic rings. The van der Waals surface area contributed by atoms with Crippen molar-refractivity contribution in [3.05, 3.63) is 30.5 Å². The fourth-order valence-corrected chi connectivity index (χ4v) is 3.93. The highest BCUT2D eigenvalue weighted by Gasteiger charge is 2.21. The van der Waals surface area contributed by atoms with Crippen LogP contribution < -0.4 is 9.64 Å². The summed E-state index contributed by atoms with van der Waals surface area (Å²) in [6, 6.07) is 8.04. The number of benzene rings is 1. The summed E-state index contributed by atoms with van der Waals surface area (Å²) >= 11 is 0. The van der Waals surface area contributed by atoms with Crippen molar-refractivity contribution in [2.75, 3.05) is 25.1 Å². The average Bonchev–Trinajstić information content (AvgIpc) is 2.98. The van der Waals surface area contributed by atoms with Crippen LogP contribution in [0.4, 0.5) is 5.82 Å². The second kappa shape index (κ2) is 6.54. The molecule has 132 valence electrons. The zero-order valence-electron chi connectivity index (χ0n) is 15.3. The Hall–Kier alpha value is -2.30. The molecule has 0 bridgehead atoms. The number of methoxy groups -OCH3 is 1. The van der Waals surface area contributed by atoms with Crippen molar-refractivity contribution in [3.8, 4) is 5.75 Å². The first-order valence-electron chi connectivity index (χ1n) is 9.22. The van der Waals surface area contributed by atoms with Gasteiger partial charge in [0, 0.05) is 25.4 Å². The molecule has 3 heterocycles. The number of anilines is 1. The molecule has 5 heteroatoms. The summed E-state index contributed by atoms with van der Waals surface area (Å²) < 4.78 is 7.36. The van der Waals surface area contributed by atoms with Gasteiger partial charge >= 0.3 is 0 Å². The van der Waals surface area contributed by atoms with Crippen molar-refractivity contribution in [2.45, 2.75) is 33.1 Å².